The SMILES string of the molecule is C[C@H](NC(=O)c1cc2sccc2n1Cc1cccc(Cl)c1)c1ccccc1. The minimum Gasteiger partial charge on any atom is -0.344 e. The molecular weight excluding hydrogens is 376 g/mol. The van der Waals surface area contributed by atoms with Crippen molar-refractivity contribution in [3.63, 3.8) is 0 Å². The van der Waals surface area contributed by atoms with Crippen LogP contribution in [0.5, 0.6) is 0 Å². The molecule has 0 radical (unpaired) electrons. The number of aromatic nitrogens is 1. The van der Waals surface area contributed by atoms with Gasteiger partial charge in [-0.1, -0.05) is 54.1 Å². The molecule has 1 atom stereocenters. The van der Waals surface area contributed by atoms with Crippen LogP contribution < -0.4 is 5.32 Å². The lowest BCUT2D eigenvalue weighted by atomic mass is 10.1. The number of benzene rings is 2. The van der Waals surface area contributed by atoms with Crippen LogP contribution in [-0.2, 0) is 6.54 Å². The third-order valence-electron chi connectivity index (χ3n) is 4.63. The number of rotatable bonds is 5. The first kappa shape index (κ1) is 17.8. The first-order valence-electron chi connectivity index (χ1n) is 8.79. The van der Waals surface area contributed by atoms with Gasteiger partial charge >= 0.3 is 0 Å². The molecule has 0 aliphatic rings. The van der Waals surface area contributed by atoms with E-state index < -0.39 is 0 Å². The summed E-state index contributed by atoms with van der Waals surface area (Å²) in [5.74, 6) is -0.0724. The first-order valence-corrected chi connectivity index (χ1v) is 10.0. The van der Waals surface area contributed by atoms with Crippen LogP contribution in [0.15, 0.2) is 72.1 Å². The fourth-order valence-electron chi connectivity index (χ4n) is 3.25. The van der Waals surface area contributed by atoms with Gasteiger partial charge < -0.3 is 9.88 Å². The van der Waals surface area contributed by atoms with E-state index in [2.05, 4.69) is 16.0 Å². The number of carbonyl (C=O) groups excluding carboxylic acids is 1. The molecule has 2 aromatic carbocycles. The molecule has 136 valence electrons. The van der Waals surface area contributed by atoms with Gasteiger partial charge in [0.25, 0.3) is 5.91 Å². The van der Waals surface area contributed by atoms with E-state index in [4.69, 9.17) is 11.6 Å². The summed E-state index contributed by atoms with van der Waals surface area (Å²) in [5, 5.41) is 5.87. The Morgan fingerprint density at radius 1 is 1.11 bits per heavy atom. The maximum Gasteiger partial charge on any atom is 0.268 e. The van der Waals surface area contributed by atoms with Crippen LogP contribution in [0, 0.1) is 0 Å². The van der Waals surface area contributed by atoms with Crippen molar-refractivity contribution in [1.82, 2.24) is 9.88 Å². The molecule has 0 unspecified atom stereocenters. The van der Waals surface area contributed by atoms with Crippen LogP contribution >= 0.6 is 22.9 Å². The summed E-state index contributed by atoms with van der Waals surface area (Å²) in [6, 6.07) is 21.7. The molecule has 0 saturated heterocycles. The van der Waals surface area contributed by atoms with E-state index in [1.807, 2.05) is 73.0 Å². The summed E-state index contributed by atoms with van der Waals surface area (Å²) >= 11 is 7.78. The van der Waals surface area contributed by atoms with Crippen molar-refractivity contribution < 1.29 is 4.79 Å². The summed E-state index contributed by atoms with van der Waals surface area (Å²) < 4.78 is 3.17. The maximum atomic E-state index is 13.0. The van der Waals surface area contributed by atoms with E-state index >= 15 is 0 Å². The molecule has 2 aromatic heterocycles. The Morgan fingerprint density at radius 3 is 2.70 bits per heavy atom. The average molecular weight is 395 g/mol. The Labute approximate surface area is 167 Å². The second kappa shape index (κ2) is 7.59. The Balaban J connectivity index is 1.65. The van der Waals surface area contributed by atoms with Crippen molar-refractivity contribution in [2.75, 3.05) is 0 Å². The topological polar surface area (TPSA) is 34.0 Å². The number of thiophene rings is 1. The van der Waals surface area contributed by atoms with Crippen LogP contribution in [0.1, 0.15) is 34.6 Å². The van der Waals surface area contributed by atoms with Gasteiger partial charge in [-0.3, -0.25) is 4.79 Å². The molecule has 1 amide bonds. The number of hydrogen-bond donors (Lipinski definition) is 1. The highest BCUT2D eigenvalue weighted by Crippen LogP contribution is 2.27. The van der Waals surface area contributed by atoms with E-state index in [0.29, 0.717) is 17.3 Å². The lowest BCUT2D eigenvalue weighted by Crippen LogP contribution is -2.28. The molecular formula is C22H19ClN2OS. The van der Waals surface area contributed by atoms with Gasteiger partial charge in [-0.25, -0.2) is 0 Å². The van der Waals surface area contributed by atoms with Crippen molar-refractivity contribution in [1.29, 1.82) is 0 Å². The van der Waals surface area contributed by atoms with Gasteiger partial charge in [0.1, 0.15) is 5.69 Å². The average Bonchev–Trinajstić information content (AvgIpc) is 3.25. The summed E-state index contributed by atoms with van der Waals surface area (Å²) in [5.41, 5.74) is 3.88. The largest absolute Gasteiger partial charge is 0.344 e. The van der Waals surface area contributed by atoms with Crippen LogP contribution in [0.3, 0.4) is 0 Å². The smallest absolute Gasteiger partial charge is 0.268 e. The minimum absolute atomic E-state index is 0.0637. The summed E-state index contributed by atoms with van der Waals surface area (Å²) in [6.07, 6.45) is 0. The Kier molecular flexibility index (Phi) is 5.01. The molecule has 3 nitrogen and oxygen atoms in total. The van der Waals surface area contributed by atoms with E-state index in [0.717, 1.165) is 21.3 Å². The Morgan fingerprint density at radius 2 is 1.93 bits per heavy atom. The quantitative estimate of drug-likeness (QED) is 0.449. The number of fused-ring (bicyclic) bond motifs is 1. The monoisotopic (exact) mass is 394 g/mol. The van der Waals surface area contributed by atoms with Crippen LogP contribution in [0.2, 0.25) is 5.02 Å². The second-order valence-corrected chi connectivity index (χ2v) is 7.91. The molecule has 2 heterocycles. The summed E-state index contributed by atoms with van der Waals surface area (Å²) in [6.45, 7) is 2.60. The molecule has 0 aliphatic heterocycles. The van der Waals surface area contributed by atoms with E-state index in [1.54, 1.807) is 11.3 Å². The highest BCUT2D eigenvalue weighted by atomic mass is 35.5. The van der Waals surface area contributed by atoms with Crippen molar-refractivity contribution in [3.8, 4) is 0 Å². The van der Waals surface area contributed by atoms with Gasteiger partial charge in [0.15, 0.2) is 0 Å². The first-order chi connectivity index (χ1) is 13.1. The molecule has 0 aliphatic carbocycles. The highest BCUT2D eigenvalue weighted by Gasteiger charge is 2.19. The van der Waals surface area contributed by atoms with Crippen molar-refractivity contribution >= 4 is 39.1 Å². The summed E-state index contributed by atoms with van der Waals surface area (Å²) in [4.78, 5) is 13.0. The Hall–Kier alpha value is -2.56. The lowest BCUT2D eigenvalue weighted by Gasteiger charge is -2.16. The normalized spacial score (nSPS) is 12.2. The standard InChI is InChI=1S/C22H19ClN2OS/c1-15(17-7-3-2-4-8-17)24-22(26)20-13-21-19(10-11-27-21)25(20)14-16-6-5-9-18(23)12-16/h2-13,15H,14H2,1H3,(H,24,26)/t15-/m0/s1. The number of nitrogens with zero attached hydrogens (tertiary/aromatic N) is 1. The van der Waals surface area contributed by atoms with Crippen molar-refractivity contribution in [2.45, 2.75) is 19.5 Å². The number of nitrogens with one attached hydrogen (secondary N) is 1. The van der Waals surface area contributed by atoms with Crippen LogP contribution in [0.4, 0.5) is 0 Å². The van der Waals surface area contributed by atoms with Gasteiger partial charge in [0.05, 0.1) is 16.3 Å². The molecule has 4 rings (SSSR count). The Bertz CT molecular complexity index is 1080. The lowest BCUT2D eigenvalue weighted by molar-refractivity contribution is 0.0931. The molecule has 1 N–H and O–H groups in total. The highest BCUT2D eigenvalue weighted by molar-refractivity contribution is 7.17. The molecule has 0 spiro atoms. The van der Waals surface area contributed by atoms with Crippen LogP contribution in [0.25, 0.3) is 10.2 Å². The molecule has 0 bridgehead atoms. The van der Waals surface area contributed by atoms with Gasteiger partial charge in [0.2, 0.25) is 0 Å². The second-order valence-electron chi connectivity index (χ2n) is 6.52. The zero-order valence-corrected chi connectivity index (χ0v) is 16.4. The number of halogens is 1. The van der Waals surface area contributed by atoms with Gasteiger partial charge in [0, 0.05) is 11.6 Å². The summed E-state index contributed by atoms with van der Waals surface area (Å²) in [7, 11) is 0. The molecule has 27 heavy (non-hydrogen) atoms. The van der Waals surface area contributed by atoms with Crippen LogP contribution in [-0.4, -0.2) is 10.5 Å². The maximum absolute atomic E-state index is 13.0. The predicted octanol–water partition coefficient (Wildman–Crippen LogP) is 5.90. The fraction of sp³-hybridized carbons (Fsp3) is 0.136. The number of carbonyl (C=O) groups is 1. The van der Waals surface area contributed by atoms with Crippen molar-refractivity contribution in [3.05, 3.63) is 94.0 Å². The van der Waals surface area contributed by atoms with Gasteiger partial charge in [-0.2, -0.15) is 0 Å². The van der Waals surface area contributed by atoms with E-state index in [-0.39, 0.29) is 11.9 Å². The molecule has 4 aromatic rings. The van der Waals surface area contributed by atoms with E-state index in [9.17, 15) is 4.79 Å². The minimum atomic E-state index is -0.0724. The van der Waals surface area contributed by atoms with Gasteiger partial charge in [-0.05, 0) is 47.7 Å². The zero-order valence-electron chi connectivity index (χ0n) is 14.9. The number of amides is 1. The van der Waals surface area contributed by atoms with Crippen molar-refractivity contribution in [2.24, 2.45) is 0 Å². The van der Waals surface area contributed by atoms with Gasteiger partial charge in [-0.15, -0.1) is 11.3 Å². The predicted molar refractivity (Wildman–Crippen MR) is 113 cm³/mol. The molecule has 0 fully saturated rings. The third kappa shape index (κ3) is 3.77. The number of hydrogen-bond acceptors (Lipinski definition) is 2. The molecule has 5 heteroatoms. The zero-order chi connectivity index (χ0) is 18.8. The third-order valence-corrected chi connectivity index (χ3v) is 5.72. The fourth-order valence-corrected chi connectivity index (χ4v) is 4.28. The molecule has 0 saturated carbocycles. The van der Waals surface area contributed by atoms with E-state index in [1.165, 1.54) is 0 Å².